The Kier molecular flexibility index (Phi) is 5.82. The minimum absolute atomic E-state index is 0.00755. The summed E-state index contributed by atoms with van der Waals surface area (Å²) in [5.41, 5.74) is 0. The molecule has 1 aliphatic carbocycles. The number of carbonyl (C=O) groups excluding carboxylic acids is 2. The monoisotopic (exact) mass is 385 g/mol. The molecular formula is C19H31NO7. The molecule has 0 radical (unpaired) electrons. The highest BCUT2D eigenvalue weighted by atomic mass is 16.9. The van der Waals surface area contributed by atoms with Gasteiger partial charge in [-0.3, -0.25) is 4.79 Å². The van der Waals surface area contributed by atoms with Gasteiger partial charge in [0.1, 0.15) is 12.2 Å². The van der Waals surface area contributed by atoms with Gasteiger partial charge in [-0.25, -0.2) is 4.79 Å². The molecule has 27 heavy (non-hydrogen) atoms. The first kappa shape index (κ1) is 20.5. The van der Waals surface area contributed by atoms with Gasteiger partial charge in [0.25, 0.3) is 0 Å². The summed E-state index contributed by atoms with van der Waals surface area (Å²) in [6.07, 6.45) is 2.11. The highest BCUT2D eigenvalue weighted by Crippen LogP contribution is 2.46. The Hall–Kier alpha value is -1.22. The number of fused-ring (bicyclic) bond motifs is 1. The molecule has 1 amide bonds. The van der Waals surface area contributed by atoms with E-state index in [1.807, 2.05) is 0 Å². The normalized spacial score (nSPS) is 40.4. The Bertz CT molecular complexity index is 572. The topological polar surface area (TPSA) is 103 Å². The number of carbonyl (C=O) groups is 2. The van der Waals surface area contributed by atoms with Gasteiger partial charge in [0.05, 0.1) is 7.11 Å². The third-order valence-corrected chi connectivity index (χ3v) is 5.94. The molecule has 8 nitrogen and oxygen atoms in total. The lowest BCUT2D eigenvalue weighted by Crippen LogP contribution is -2.48. The van der Waals surface area contributed by atoms with Crippen LogP contribution in [0.15, 0.2) is 0 Å². The molecule has 3 fully saturated rings. The first-order valence-corrected chi connectivity index (χ1v) is 9.82. The summed E-state index contributed by atoms with van der Waals surface area (Å²) in [6.45, 7) is 5.53. The number of esters is 1. The molecule has 2 saturated heterocycles. The molecule has 8 heteroatoms. The molecule has 4 atom stereocenters. The summed E-state index contributed by atoms with van der Waals surface area (Å²) in [5.74, 6) is -2.99. The number of aliphatic hydroxyl groups excluding tert-OH is 1. The molecule has 0 aromatic heterocycles. The molecule has 0 spiro atoms. The SMILES string of the molecule is CCC1CCC(C(=O)NC[C@@H]2O[C@@]3(C(=O)OC)OC(C)(C)O[C@H]3[C@@H]2O)CC1. The molecular weight excluding hydrogens is 354 g/mol. The molecule has 2 N–H and O–H groups in total. The lowest BCUT2D eigenvalue weighted by atomic mass is 9.80. The maximum Gasteiger partial charge on any atom is 0.369 e. The Morgan fingerprint density at radius 1 is 1.19 bits per heavy atom. The summed E-state index contributed by atoms with van der Waals surface area (Å²) >= 11 is 0. The van der Waals surface area contributed by atoms with Gasteiger partial charge in [-0.1, -0.05) is 13.3 Å². The predicted octanol–water partition coefficient (Wildman–Crippen LogP) is 1.10. The fraction of sp³-hybridized carbons (Fsp3) is 0.895. The summed E-state index contributed by atoms with van der Waals surface area (Å²) in [4.78, 5) is 24.8. The number of rotatable bonds is 5. The van der Waals surface area contributed by atoms with Gasteiger partial charge < -0.3 is 29.4 Å². The molecule has 0 aromatic rings. The number of methoxy groups -OCH3 is 1. The van der Waals surface area contributed by atoms with Gasteiger partial charge in [-0.2, -0.15) is 0 Å². The van der Waals surface area contributed by atoms with Crippen LogP contribution in [0.25, 0.3) is 0 Å². The Morgan fingerprint density at radius 3 is 2.44 bits per heavy atom. The van der Waals surface area contributed by atoms with Crippen molar-refractivity contribution in [1.82, 2.24) is 5.32 Å². The van der Waals surface area contributed by atoms with E-state index in [4.69, 9.17) is 18.9 Å². The second-order valence-corrected chi connectivity index (χ2v) is 8.22. The van der Waals surface area contributed by atoms with Crippen molar-refractivity contribution in [3.05, 3.63) is 0 Å². The number of amides is 1. The average molecular weight is 385 g/mol. The van der Waals surface area contributed by atoms with Crippen LogP contribution < -0.4 is 5.32 Å². The molecule has 0 aromatic carbocycles. The van der Waals surface area contributed by atoms with Crippen LogP contribution >= 0.6 is 0 Å². The van der Waals surface area contributed by atoms with Crippen molar-refractivity contribution >= 4 is 11.9 Å². The van der Waals surface area contributed by atoms with E-state index in [1.54, 1.807) is 13.8 Å². The number of ether oxygens (including phenoxy) is 4. The van der Waals surface area contributed by atoms with Gasteiger partial charge in [-0.05, 0) is 45.4 Å². The largest absolute Gasteiger partial charge is 0.465 e. The zero-order valence-electron chi connectivity index (χ0n) is 16.5. The van der Waals surface area contributed by atoms with Gasteiger partial charge in [-0.15, -0.1) is 0 Å². The third-order valence-electron chi connectivity index (χ3n) is 5.94. The standard InChI is InChI=1S/C19H31NO7/c1-5-11-6-8-12(9-7-11)16(22)20-10-13-14(21)15-19(25-13,17(23)24-4)27-18(2,3)26-15/h11-15,21H,5-10H2,1-4H3,(H,20,22)/t11?,12?,13-,14+,15-,19+/m0/s1. The van der Waals surface area contributed by atoms with Gasteiger partial charge in [0.15, 0.2) is 11.9 Å². The second-order valence-electron chi connectivity index (χ2n) is 8.22. The van der Waals surface area contributed by atoms with Gasteiger partial charge in [0, 0.05) is 12.5 Å². The molecule has 2 aliphatic heterocycles. The van der Waals surface area contributed by atoms with Crippen LogP contribution in [-0.4, -0.2) is 60.5 Å². The first-order chi connectivity index (χ1) is 12.7. The number of nitrogens with one attached hydrogen (secondary N) is 1. The van der Waals surface area contributed by atoms with Crippen molar-refractivity contribution in [2.24, 2.45) is 11.8 Å². The maximum absolute atomic E-state index is 12.5. The minimum Gasteiger partial charge on any atom is -0.465 e. The summed E-state index contributed by atoms with van der Waals surface area (Å²) in [6, 6.07) is 0. The lowest BCUT2D eigenvalue weighted by molar-refractivity contribution is -0.263. The lowest BCUT2D eigenvalue weighted by Gasteiger charge is -2.28. The van der Waals surface area contributed by atoms with E-state index >= 15 is 0 Å². The zero-order chi connectivity index (χ0) is 19.8. The van der Waals surface area contributed by atoms with E-state index in [2.05, 4.69) is 12.2 Å². The average Bonchev–Trinajstić information content (AvgIpc) is 3.08. The molecule has 2 heterocycles. The molecule has 1 saturated carbocycles. The highest BCUT2D eigenvalue weighted by Gasteiger charge is 2.69. The molecule has 3 aliphatic rings. The van der Waals surface area contributed by atoms with Crippen LogP contribution in [0.5, 0.6) is 0 Å². The van der Waals surface area contributed by atoms with Crippen molar-refractivity contribution < 1.29 is 33.6 Å². The summed E-state index contributed by atoms with van der Waals surface area (Å²) < 4.78 is 21.9. The van der Waals surface area contributed by atoms with Gasteiger partial charge in [0.2, 0.25) is 5.91 Å². The van der Waals surface area contributed by atoms with E-state index in [-0.39, 0.29) is 18.4 Å². The minimum atomic E-state index is -1.81. The number of hydrogen-bond acceptors (Lipinski definition) is 7. The maximum atomic E-state index is 12.5. The highest BCUT2D eigenvalue weighted by molar-refractivity contribution is 5.80. The summed E-state index contributed by atoms with van der Waals surface area (Å²) in [5, 5.41) is 13.5. The Labute approximate surface area is 159 Å². The van der Waals surface area contributed by atoms with Crippen molar-refractivity contribution in [2.75, 3.05) is 13.7 Å². The molecule has 0 unspecified atom stereocenters. The quantitative estimate of drug-likeness (QED) is 0.683. The third kappa shape index (κ3) is 3.85. The van der Waals surface area contributed by atoms with Crippen LogP contribution in [0, 0.1) is 11.8 Å². The summed E-state index contributed by atoms with van der Waals surface area (Å²) in [7, 11) is 1.22. The first-order valence-electron chi connectivity index (χ1n) is 9.82. The number of hydrogen-bond donors (Lipinski definition) is 2. The smallest absolute Gasteiger partial charge is 0.369 e. The van der Waals surface area contributed by atoms with Crippen LogP contribution in [0.1, 0.15) is 52.9 Å². The molecule has 154 valence electrons. The second kappa shape index (κ2) is 7.66. The van der Waals surface area contributed by atoms with Crippen LogP contribution in [0.2, 0.25) is 0 Å². The van der Waals surface area contributed by atoms with E-state index in [0.29, 0.717) is 5.92 Å². The fourth-order valence-electron chi connectivity index (χ4n) is 4.39. The molecule has 0 bridgehead atoms. The van der Waals surface area contributed by atoms with E-state index in [9.17, 15) is 14.7 Å². The zero-order valence-corrected chi connectivity index (χ0v) is 16.5. The van der Waals surface area contributed by atoms with Crippen molar-refractivity contribution in [3.63, 3.8) is 0 Å². The van der Waals surface area contributed by atoms with Crippen LogP contribution in [0.4, 0.5) is 0 Å². The fourth-order valence-corrected chi connectivity index (χ4v) is 4.39. The van der Waals surface area contributed by atoms with E-state index in [1.165, 1.54) is 7.11 Å². The van der Waals surface area contributed by atoms with Crippen LogP contribution in [-0.2, 0) is 28.5 Å². The van der Waals surface area contributed by atoms with Crippen molar-refractivity contribution in [1.29, 1.82) is 0 Å². The van der Waals surface area contributed by atoms with Crippen LogP contribution in [0.3, 0.4) is 0 Å². The Balaban J connectivity index is 1.59. The van der Waals surface area contributed by atoms with Gasteiger partial charge >= 0.3 is 11.8 Å². The number of aliphatic hydroxyl groups is 1. The van der Waals surface area contributed by atoms with E-state index < -0.39 is 35.9 Å². The van der Waals surface area contributed by atoms with Crippen molar-refractivity contribution in [2.45, 2.75) is 82.8 Å². The Morgan fingerprint density at radius 2 is 1.85 bits per heavy atom. The predicted molar refractivity (Wildman–Crippen MR) is 94.4 cm³/mol. The van der Waals surface area contributed by atoms with Crippen molar-refractivity contribution in [3.8, 4) is 0 Å². The van der Waals surface area contributed by atoms with E-state index in [0.717, 1.165) is 32.1 Å². The molecule has 3 rings (SSSR count).